The minimum Gasteiger partial charge on any atom is -0.302 e. The molecule has 1 N–H and O–H groups in total. The van der Waals surface area contributed by atoms with Gasteiger partial charge in [0.2, 0.25) is 0 Å². The van der Waals surface area contributed by atoms with Crippen LogP contribution in [0.4, 0.5) is 0 Å². The van der Waals surface area contributed by atoms with E-state index in [9.17, 15) is 9.59 Å². The first-order valence-electron chi connectivity index (χ1n) is 12.8. The van der Waals surface area contributed by atoms with Gasteiger partial charge in [-0.3, -0.25) is 14.7 Å². The quantitative estimate of drug-likeness (QED) is 0.343. The molecule has 1 unspecified atom stereocenters. The summed E-state index contributed by atoms with van der Waals surface area (Å²) in [5.74, 6) is -0.440. The van der Waals surface area contributed by atoms with Gasteiger partial charge in [-0.05, 0) is 87.7 Å². The number of amides is 1. The number of unbranched alkanes of at least 4 members (excludes halogenated alkanes) is 1. The molecular formula is C30H36N4O2. The van der Waals surface area contributed by atoms with E-state index in [2.05, 4.69) is 58.3 Å². The monoisotopic (exact) mass is 484 g/mol. The van der Waals surface area contributed by atoms with Gasteiger partial charge >= 0.3 is 0 Å². The largest absolute Gasteiger partial charge is 0.302 e. The summed E-state index contributed by atoms with van der Waals surface area (Å²) in [5, 5.41) is 8.39. The average Bonchev–Trinajstić information content (AvgIpc) is 3.33. The van der Waals surface area contributed by atoms with E-state index in [0.717, 1.165) is 52.0 Å². The van der Waals surface area contributed by atoms with Crippen molar-refractivity contribution in [2.24, 2.45) is 10.9 Å². The number of aliphatic imine (C=N–C) groups is 1. The molecule has 0 saturated carbocycles. The summed E-state index contributed by atoms with van der Waals surface area (Å²) in [6.45, 7) is 9.88. The predicted octanol–water partition coefficient (Wildman–Crippen LogP) is 6.30. The van der Waals surface area contributed by atoms with E-state index in [1.807, 2.05) is 39.1 Å². The number of hydrogen-bond acceptors (Lipinski definition) is 4. The van der Waals surface area contributed by atoms with Crippen LogP contribution in [0.1, 0.15) is 67.9 Å². The standard InChI is InChI=1S/C30H36N4O2/c1-6-7-13-34(5)18-22-9-8-10-23(15-22)26-16-25(21(4)29-27(26)17-31-33-29)28(35)12-11-24-19(2)14-20(3)32-30(24)36/h8-10,14-17,24H,6-7,11-13,18H2,1-5H3,(H,31,33). The van der Waals surface area contributed by atoms with Crippen molar-refractivity contribution in [2.45, 2.75) is 59.9 Å². The number of aromatic nitrogens is 2. The van der Waals surface area contributed by atoms with Crippen LogP contribution in [0.5, 0.6) is 0 Å². The fourth-order valence-electron chi connectivity index (χ4n) is 5.10. The molecule has 6 heteroatoms. The molecule has 1 aliphatic heterocycles. The molecule has 1 atom stereocenters. The van der Waals surface area contributed by atoms with Gasteiger partial charge in [0.05, 0.1) is 17.6 Å². The van der Waals surface area contributed by atoms with Gasteiger partial charge in [-0.25, -0.2) is 4.99 Å². The zero-order valence-corrected chi connectivity index (χ0v) is 22.0. The summed E-state index contributed by atoms with van der Waals surface area (Å²) in [6, 6.07) is 10.5. The highest BCUT2D eigenvalue weighted by molar-refractivity contribution is 6.08. The molecule has 0 saturated heterocycles. The van der Waals surface area contributed by atoms with Crippen molar-refractivity contribution in [3.63, 3.8) is 0 Å². The summed E-state index contributed by atoms with van der Waals surface area (Å²) >= 11 is 0. The predicted molar refractivity (Wildman–Crippen MR) is 146 cm³/mol. The molecule has 1 amide bonds. The number of allylic oxidation sites excluding steroid dienone is 1. The van der Waals surface area contributed by atoms with E-state index < -0.39 is 0 Å². The molecule has 0 fully saturated rings. The first-order valence-corrected chi connectivity index (χ1v) is 12.8. The van der Waals surface area contributed by atoms with Gasteiger partial charge in [0.1, 0.15) is 0 Å². The van der Waals surface area contributed by atoms with E-state index in [0.29, 0.717) is 18.4 Å². The fraction of sp³-hybridized carbons (Fsp3) is 0.400. The number of Topliss-reactive ketones (excluding diaryl/α,β-unsaturated/α-hetero) is 1. The van der Waals surface area contributed by atoms with Crippen molar-refractivity contribution in [1.29, 1.82) is 0 Å². The summed E-state index contributed by atoms with van der Waals surface area (Å²) < 4.78 is 0. The van der Waals surface area contributed by atoms with Crippen LogP contribution < -0.4 is 0 Å². The average molecular weight is 485 g/mol. The number of aryl methyl sites for hydroxylation is 1. The highest BCUT2D eigenvalue weighted by Gasteiger charge is 2.25. The Kier molecular flexibility index (Phi) is 7.94. The molecule has 2 aromatic carbocycles. The molecule has 188 valence electrons. The number of carbonyl (C=O) groups excluding carboxylic acids is 2. The highest BCUT2D eigenvalue weighted by Crippen LogP contribution is 2.34. The number of benzene rings is 2. The lowest BCUT2D eigenvalue weighted by atomic mass is 9.87. The molecule has 0 bridgehead atoms. The Bertz CT molecular complexity index is 1350. The van der Waals surface area contributed by atoms with Gasteiger partial charge in [0.25, 0.3) is 5.91 Å². The second-order valence-corrected chi connectivity index (χ2v) is 10.0. The van der Waals surface area contributed by atoms with Crippen molar-refractivity contribution < 1.29 is 9.59 Å². The minimum atomic E-state index is -0.324. The normalized spacial score (nSPS) is 15.9. The van der Waals surface area contributed by atoms with Crippen LogP contribution >= 0.6 is 0 Å². The van der Waals surface area contributed by atoms with Crippen LogP contribution in [0, 0.1) is 12.8 Å². The maximum absolute atomic E-state index is 13.4. The topological polar surface area (TPSA) is 78.4 Å². The SMILES string of the molecule is CCCCN(C)Cc1cccc(-c2cc(C(=O)CCC3C(=O)N=C(C)C=C3C)c(C)c3[nH]ncc23)c1. The van der Waals surface area contributed by atoms with Gasteiger partial charge in [-0.15, -0.1) is 0 Å². The van der Waals surface area contributed by atoms with E-state index in [-0.39, 0.29) is 17.6 Å². The molecule has 4 rings (SSSR count). The second kappa shape index (κ2) is 11.1. The molecule has 2 heterocycles. The molecule has 1 aliphatic rings. The van der Waals surface area contributed by atoms with Crippen molar-refractivity contribution in [1.82, 2.24) is 15.1 Å². The van der Waals surface area contributed by atoms with E-state index in [4.69, 9.17) is 0 Å². The number of H-pyrrole nitrogens is 1. The molecule has 0 aliphatic carbocycles. The first kappa shape index (κ1) is 25.7. The van der Waals surface area contributed by atoms with Crippen molar-refractivity contribution in [2.75, 3.05) is 13.6 Å². The van der Waals surface area contributed by atoms with Crippen LogP contribution in [-0.2, 0) is 11.3 Å². The van der Waals surface area contributed by atoms with Crippen molar-refractivity contribution in [3.8, 4) is 11.1 Å². The number of aromatic amines is 1. The number of hydrogen-bond donors (Lipinski definition) is 1. The van der Waals surface area contributed by atoms with Crippen molar-refractivity contribution in [3.05, 3.63) is 64.9 Å². The number of ketones is 1. The van der Waals surface area contributed by atoms with Gasteiger partial charge in [0, 0.05) is 29.6 Å². The smallest absolute Gasteiger partial charge is 0.253 e. The zero-order valence-electron chi connectivity index (χ0n) is 22.0. The number of nitrogens with one attached hydrogen (secondary N) is 1. The lowest BCUT2D eigenvalue weighted by Gasteiger charge is -2.18. The van der Waals surface area contributed by atoms with Crippen LogP contribution in [0.3, 0.4) is 0 Å². The maximum Gasteiger partial charge on any atom is 0.253 e. The van der Waals surface area contributed by atoms with Gasteiger partial charge in [0.15, 0.2) is 5.78 Å². The Balaban J connectivity index is 1.61. The Morgan fingerprint density at radius 1 is 1.17 bits per heavy atom. The summed E-state index contributed by atoms with van der Waals surface area (Å²) in [6.07, 6.45) is 6.89. The molecule has 0 spiro atoms. The molecular weight excluding hydrogens is 448 g/mol. The lowest BCUT2D eigenvalue weighted by Crippen LogP contribution is -2.20. The van der Waals surface area contributed by atoms with Crippen LogP contribution in [0.2, 0.25) is 0 Å². The molecule has 0 radical (unpaired) electrons. The Morgan fingerprint density at radius 2 is 1.97 bits per heavy atom. The number of fused-ring (bicyclic) bond motifs is 1. The van der Waals surface area contributed by atoms with Gasteiger partial charge in [-0.2, -0.15) is 5.10 Å². The number of carbonyl (C=O) groups is 2. The molecule has 36 heavy (non-hydrogen) atoms. The zero-order chi connectivity index (χ0) is 25.8. The maximum atomic E-state index is 13.4. The number of dihydropyridines is 1. The third-order valence-corrected chi connectivity index (χ3v) is 7.11. The molecule has 1 aromatic heterocycles. The highest BCUT2D eigenvalue weighted by atomic mass is 16.1. The Hall–Kier alpha value is -3.38. The van der Waals surface area contributed by atoms with Gasteiger partial charge in [-0.1, -0.05) is 37.1 Å². The van der Waals surface area contributed by atoms with Crippen LogP contribution in [-0.4, -0.2) is 46.1 Å². The second-order valence-electron chi connectivity index (χ2n) is 10.0. The summed E-state index contributed by atoms with van der Waals surface area (Å²) in [7, 11) is 2.15. The van der Waals surface area contributed by atoms with Crippen molar-refractivity contribution >= 4 is 28.3 Å². The lowest BCUT2D eigenvalue weighted by molar-refractivity contribution is -0.120. The Morgan fingerprint density at radius 3 is 2.72 bits per heavy atom. The Labute approximate surface area is 213 Å². The van der Waals surface area contributed by atoms with Gasteiger partial charge < -0.3 is 4.90 Å². The summed E-state index contributed by atoms with van der Waals surface area (Å²) in [4.78, 5) is 32.3. The third-order valence-electron chi connectivity index (χ3n) is 7.11. The number of rotatable bonds is 10. The van der Waals surface area contributed by atoms with E-state index >= 15 is 0 Å². The summed E-state index contributed by atoms with van der Waals surface area (Å²) in [5.41, 5.74) is 7.46. The first-order chi connectivity index (χ1) is 17.3. The van der Waals surface area contributed by atoms with Crippen LogP contribution in [0.25, 0.3) is 22.0 Å². The van der Waals surface area contributed by atoms with E-state index in [1.54, 1.807) is 0 Å². The fourth-order valence-corrected chi connectivity index (χ4v) is 5.10. The number of nitrogens with zero attached hydrogens (tertiary/aromatic N) is 3. The third kappa shape index (κ3) is 5.54. The van der Waals surface area contributed by atoms with E-state index in [1.165, 1.54) is 18.4 Å². The molecule has 3 aromatic rings. The molecule has 6 nitrogen and oxygen atoms in total. The van der Waals surface area contributed by atoms with Crippen LogP contribution in [0.15, 0.2) is 53.2 Å². The minimum absolute atomic E-state index is 0.0348.